The normalized spacial score (nSPS) is 21.8. The van der Waals surface area contributed by atoms with Crippen LogP contribution in [0.25, 0.3) is 12.2 Å². The lowest BCUT2D eigenvalue weighted by molar-refractivity contribution is -0.129. The summed E-state index contributed by atoms with van der Waals surface area (Å²) < 4.78 is 0. The van der Waals surface area contributed by atoms with Crippen LogP contribution in [-0.2, 0) is 4.79 Å². The van der Waals surface area contributed by atoms with E-state index in [2.05, 4.69) is 69.9 Å². The summed E-state index contributed by atoms with van der Waals surface area (Å²) in [6, 6.07) is 12.5. The predicted molar refractivity (Wildman–Crippen MR) is 137 cm³/mol. The Hall–Kier alpha value is -2.20. The van der Waals surface area contributed by atoms with E-state index in [9.17, 15) is 9.90 Å². The van der Waals surface area contributed by atoms with Crippen LogP contribution >= 0.6 is 12.4 Å². The maximum absolute atomic E-state index is 13.2. The number of hydrogen-bond donors (Lipinski definition) is 1. The molecule has 3 nitrogen and oxygen atoms in total. The van der Waals surface area contributed by atoms with E-state index < -0.39 is 11.5 Å². The molecule has 0 amide bonds. The third kappa shape index (κ3) is 6.19. The standard InChI is InChI=1S/C28H35NO2.ClH/c1-6-29-16-15-28(31,14-13-25-10-8-21(3)18-23(25)5)26(19-29)27(30)12-11-24-9-7-20(2)17-22(24)4;/h7-14,17-18,26,31H,6,15-16,19H2,1-5H3;1H/b12-11+,14-13+;/t26-,28-;/m0./s1. The molecule has 0 unspecified atom stereocenters. The molecular formula is C28H36ClNO2. The molecule has 0 spiro atoms. The minimum atomic E-state index is -1.15. The van der Waals surface area contributed by atoms with Crippen molar-refractivity contribution in [1.29, 1.82) is 0 Å². The molecule has 4 heteroatoms. The first kappa shape index (κ1) is 26.1. The van der Waals surface area contributed by atoms with Crippen molar-refractivity contribution in [3.63, 3.8) is 0 Å². The molecule has 1 aliphatic heterocycles. The highest BCUT2D eigenvalue weighted by Gasteiger charge is 2.42. The Bertz CT molecular complexity index is 1010. The maximum atomic E-state index is 13.2. The molecule has 1 N–H and O–H groups in total. The van der Waals surface area contributed by atoms with Crippen molar-refractivity contribution in [2.24, 2.45) is 5.92 Å². The lowest BCUT2D eigenvalue weighted by atomic mass is 9.77. The van der Waals surface area contributed by atoms with Crippen molar-refractivity contribution in [1.82, 2.24) is 4.90 Å². The Morgan fingerprint density at radius 3 is 2.12 bits per heavy atom. The van der Waals surface area contributed by atoms with E-state index in [-0.39, 0.29) is 18.2 Å². The first-order valence-corrected chi connectivity index (χ1v) is 11.2. The molecule has 1 fully saturated rings. The van der Waals surface area contributed by atoms with Gasteiger partial charge in [-0.2, -0.15) is 0 Å². The number of benzene rings is 2. The Labute approximate surface area is 199 Å². The third-order valence-electron chi connectivity index (χ3n) is 6.49. The smallest absolute Gasteiger partial charge is 0.163 e. The highest BCUT2D eigenvalue weighted by Crippen LogP contribution is 2.32. The molecule has 0 aromatic heterocycles. The molecule has 1 heterocycles. The SMILES string of the molecule is CCN1CC[C@@](O)(/C=C/c2ccc(C)cc2C)[C@H](C(=O)/C=C/c2ccc(C)cc2C)C1.Cl. The van der Waals surface area contributed by atoms with Gasteiger partial charge in [-0.15, -0.1) is 12.4 Å². The van der Waals surface area contributed by atoms with Crippen LogP contribution in [0.1, 0.15) is 46.7 Å². The topological polar surface area (TPSA) is 40.5 Å². The van der Waals surface area contributed by atoms with Crippen molar-refractivity contribution >= 4 is 30.3 Å². The van der Waals surface area contributed by atoms with Gasteiger partial charge in [0.1, 0.15) is 0 Å². The van der Waals surface area contributed by atoms with Crippen molar-refractivity contribution in [3.8, 4) is 0 Å². The molecule has 1 saturated heterocycles. The number of carbonyl (C=O) groups is 1. The first-order chi connectivity index (χ1) is 14.7. The molecule has 3 rings (SSSR count). The average Bonchev–Trinajstić information content (AvgIpc) is 2.72. The van der Waals surface area contributed by atoms with E-state index in [0.717, 1.165) is 29.8 Å². The molecule has 0 radical (unpaired) electrons. The van der Waals surface area contributed by atoms with Gasteiger partial charge in [0.2, 0.25) is 0 Å². The summed E-state index contributed by atoms with van der Waals surface area (Å²) in [4.78, 5) is 15.5. The zero-order valence-electron chi connectivity index (χ0n) is 19.9. The van der Waals surface area contributed by atoms with Crippen molar-refractivity contribution in [3.05, 3.63) is 81.9 Å². The zero-order chi connectivity index (χ0) is 22.6. The van der Waals surface area contributed by atoms with Crippen LogP contribution in [0.2, 0.25) is 0 Å². The summed E-state index contributed by atoms with van der Waals surface area (Å²) in [6.45, 7) is 12.6. The van der Waals surface area contributed by atoms with Gasteiger partial charge in [-0.1, -0.05) is 72.7 Å². The van der Waals surface area contributed by atoms with Gasteiger partial charge >= 0.3 is 0 Å². The summed E-state index contributed by atoms with van der Waals surface area (Å²) in [5, 5.41) is 11.5. The number of allylic oxidation sites excluding steroid dienone is 1. The number of rotatable bonds is 6. The molecule has 0 bridgehead atoms. The monoisotopic (exact) mass is 453 g/mol. The van der Waals surface area contributed by atoms with Crippen LogP contribution in [0.3, 0.4) is 0 Å². The number of piperidine rings is 1. The number of carbonyl (C=O) groups excluding carboxylic acids is 1. The fraction of sp³-hybridized carbons (Fsp3) is 0.393. The van der Waals surface area contributed by atoms with Gasteiger partial charge in [0.05, 0.1) is 11.5 Å². The lowest BCUT2D eigenvalue weighted by Gasteiger charge is -2.41. The molecule has 2 atom stereocenters. The van der Waals surface area contributed by atoms with E-state index in [1.165, 1.54) is 16.7 Å². The van der Waals surface area contributed by atoms with Gasteiger partial charge in [-0.25, -0.2) is 0 Å². The van der Waals surface area contributed by atoms with E-state index in [1.807, 2.05) is 24.3 Å². The van der Waals surface area contributed by atoms with E-state index in [4.69, 9.17) is 0 Å². The van der Waals surface area contributed by atoms with Gasteiger partial charge in [0, 0.05) is 13.1 Å². The minimum absolute atomic E-state index is 0. The van der Waals surface area contributed by atoms with Crippen LogP contribution in [0, 0.1) is 33.6 Å². The maximum Gasteiger partial charge on any atom is 0.163 e. The number of halogens is 1. The summed E-state index contributed by atoms with van der Waals surface area (Å²) in [7, 11) is 0. The molecule has 32 heavy (non-hydrogen) atoms. The van der Waals surface area contributed by atoms with Crippen molar-refractivity contribution in [2.75, 3.05) is 19.6 Å². The zero-order valence-corrected chi connectivity index (χ0v) is 20.7. The molecule has 2 aromatic carbocycles. The Morgan fingerprint density at radius 2 is 1.59 bits per heavy atom. The van der Waals surface area contributed by atoms with Crippen LogP contribution in [0.15, 0.2) is 48.6 Å². The quantitative estimate of drug-likeness (QED) is 0.569. The lowest BCUT2D eigenvalue weighted by Crippen LogP contribution is -2.53. The predicted octanol–water partition coefficient (Wildman–Crippen LogP) is 5.71. The number of aryl methyl sites for hydroxylation is 4. The van der Waals surface area contributed by atoms with E-state index >= 15 is 0 Å². The number of likely N-dealkylation sites (tertiary alicyclic amines) is 1. The Balaban J connectivity index is 0.00000363. The van der Waals surface area contributed by atoms with Gasteiger partial charge in [-0.3, -0.25) is 4.79 Å². The summed E-state index contributed by atoms with van der Waals surface area (Å²) >= 11 is 0. The molecule has 172 valence electrons. The second-order valence-electron chi connectivity index (χ2n) is 8.98. The molecule has 0 saturated carbocycles. The van der Waals surface area contributed by atoms with Gasteiger partial charge in [-0.05, 0) is 69.0 Å². The third-order valence-corrected chi connectivity index (χ3v) is 6.49. The second-order valence-corrected chi connectivity index (χ2v) is 8.98. The summed E-state index contributed by atoms with van der Waals surface area (Å²) in [5.41, 5.74) is 5.71. The highest BCUT2D eigenvalue weighted by atomic mass is 35.5. The summed E-state index contributed by atoms with van der Waals surface area (Å²) in [5.74, 6) is -0.504. The Morgan fingerprint density at radius 1 is 1.03 bits per heavy atom. The molecule has 1 aliphatic rings. The van der Waals surface area contributed by atoms with Crippen molar-refractivity contribution in [2.45, 2.75) is 46.6 Å². The fourth-order valence-corrected chi connectivity index (χ4v) is 4.39. The average molecular weight is 454 g/mol. The second kappa shape index (κ2) is 11.1. The van der Waals surface area contributed by atoms with Crippen LogP contribution in [0.5, 0.6) is 0 Å². The first-order valence-electron chi connectivity index (χ1n) is 11.2. The van der Waals surface area contributed by atoms with E-state index in [1.54, 1.807) is 6.08 Å². The van der Waals surface area contributed by atoms with Crippen LogP contribution in [0.4, 0.5) is 0 Å². The van der Waals surface area contributed by atoms with Gasteiger partial charge < -0.3 is 10.0 Å². The number of aliphatic hydroxyl groups is 1. The number of nitrogens with zero attached hydrogens (tertiary/aromatic N) is 1. The minimum Gasteiger partial charge on any atom is -0.385 e. The van der Waals surface area contributed by atoms with Gasteiger partial charge in [0.25, 0.3) is 0 Å². The molecule has 2 aromatic rings. The van der Waals surface area contributed by atoms with E-state index in [0.29, 0.717) is 13.0 Å². The number of hydrogen-bond acceptors (Lipinski definition) is 3. The molecular weight excluding hydrogens is 418 g/mol. The van der Waals surface area contributed by atoms with Gasteiger partial charge in [0.15, 0.2) is 5.78 Å². The largest absolute Gasteiger partial charge is 0.385 e. The van der Waals surface area contributed by atoms with Crippen LogP contribution in [-0.4, -0.2) is 41.0 Å². The number of ketones is 1. The molecule has 0 aliphatic carbocycles. The van der Waals surface area contributed by atoms with Crippen molar-refractivity contribution < 1.29 is 9.90 Å². The fourth-order valence-electron chi connectivity index (χ4n) is 4.39. The van der Waals surface area contributed by atoms with Crippen LogP contribution < -0.4 is 0 Å². The summed E-state index contributed by atoms with van der Waals surface area (Å²) in [6.07, 6.45) is 7.92. The Kier molecular flexibility index (Phi) is 9.03. The highest BCUT2D eigenvalue weighted by molar-refractivity contribution is 5.97.